The number of hydrogen-bond donors (Lipinski definition) is 1. The van der Waals surface area contributed by atoms with E-state index in [0.29, 0.717) is 20.3 Å². The van der Waals surface area contributed by atoms with E-state index in [2.05, 4.69) is 15.5 Å². The van der Waals surface area contributed by atoms with Crippen molar-refractivity contribution in [1.29, 1.82) is 0 Å². The summed E-state index contributed by atoms with van der Waals surface area (Å²) in [6.07, 6.45) is -4.81. The lowest BCUT2D eigenvalue weighted by atomic mass is 10.2. The largest absolute Gasteiger partial charge is 0.308 e. The van der Waals surface area contributed by atoms with Gasteiger partial charge in [0.05, 0.1) is 11.6 Å². The lowest BCUT2D eigenvalue weighted by Gasteiger charge is -2.08. The van der Waals surface area contributed by atoms with E-state index < -0.39 is 41.7 Å². The number of nitrogens with one attached hydrogen (secondary N) is 1. The third-order valence-electron chi connectivity index (χ3n) is 3.95. The van der Waals surface area contributed by atoms with E-state index in [-0.39, 0.29) is 12.4 Å². The predicted octanol–water partition coefficient (Wildman–Crippen LogP) is 5.60. The summed E-state index contributed by atoms with van der Waals surface area (Å²) in [4.78, 5) is 12.2. The van der Waals surface area contributed by atoms with Gasteiger partial charge in [-0.15, -0.1) is 0 Å². The van der Waals surface area contributed by atoms with E-state index in [1.807, 2.05) is 0 Å². The minimum Gasteiger partial charge on any atom is -0.308 e. The summed E-state index contributed by atoms with van der Waals surface area (Å²) in [6, 6.07) is 6.48. The molecule has 160 valence electrons. The summed E-state index contributed by atoms with van der Waals surface area (Å²) >= 11 is 17.8. The number of carbonyl (C=O) groups excluding carboxylic acids is 1. The highest BCUT2D eigenvalue weighted by molar-refractivity contribution is 6.36. The van der Waals surface area contributed by atoms with Crippen molar-refractivity contribution in [2.45, 2.75) is 25.9 Å². The van der Waals surface area contributed by atoms with Crippen molar-refractivity contribution < 1.29 is 22.4 Å². The molecule has 3 aromatic rings. The highest BCUT2D eigenvalue weighted by Gasteiger charge is 2.28. The zero-order valence-corrected chi connectivity index (χ0v) is 17.1. The van der Waals surface area contributed by atoms with E-state index in [1.54, 1.807) is 24.4 Å². The summed E-state index contributed by atoms with van der Waals surface area (Å²) in [6.45, 7) is -0.536. The first kappa shape index (κ1) is 22.4. The molecule has 13 heteroatoms. The maximum atomic E-state index is 13.2. The maximum absolute atomic E-state index is 13.2. The molecule has 0 aliphatic carbocycles. The molecule has 0 bridgehead atoms. The molecular weight excluding hydrogens is 473 g/mol. The number of alkyl halides is 4. The molecule has 0 unspecified atom stereocenters. The molecule has 6 nitrogen and oxygen atoms in total. The normalized spacial score (nSPS) is 11.5. The van der Waals surface area contributed by atoms with Crippen LogP contribution in [0.3, 0.4) is 0 Å². The molecule has 0 saturated carbocycles. The van der Waals surface area contributed by atoms with Crippen LogP contribution >= 0.6 is 34.8 Å². The Bertz CT molecular complexity index is 1050. The van der Waals surface area contributed by atoms with Crippen LogP contribution in [0.5, 0.6) is 0 Å². The Morgan fingerprint density at radius 1 is 1.03 bits per heavy atom. The Balaban J connectivity index is 1.72. The van der Waals surface area contributed by atoms with Crippen LogP contribution in [0.4, 0.5) is 23.4 Å². The van der Waals surface area contributed by atoms with Crippen LogP contribution in [0.15, 0.2) is 30.5 Å². The molecule has 3 rings (SSSR count). The van der Waals surface area contributed by atoms with Gasteiger partial charge in [0.25, 0.3) is 12.9 Å². The second-order valence-corrected chi connectivity index (χ2v) is 7.18. The van der Waals surface area contributed by atoms with Crippen molar-refractivity contribution in [3.8, 4) is 0 Å². The first-order chi connectivity index (χ1) is 14.2. The number of halogens is 7. The Morgan fingerprint density at radius 2 is 1.70 bits per heavy atom. The molecule has 1 amide bonds. The van der Waals surface area contributed by atoms with Crippen molar-refractivity contribution in [2.24, 2.45) is 0 Å². The Morgan fingerprint density at radius 3 is 2.30 bits per heavy atom. The van der Waals surface area contributed by atoms with E-state index in [1.165, 1.54) is 10.7 Å². The molecule has 0 fully saturated rings. The fourth-order valence-corrected chi connectivity index (χ4v) is 3.44. The summed E-state index contributed by atoms with van der Waals surface area (Å²) in [5.41, 5.74) is -1.35. The first-order valence-corrected chi connectivity index (χ1v) is 9.39. The second-order valence-electron chi connectivity index (χ2n) is 5.99. The number of nitrogens with zero attached hydrogens (tertiary/aromatic N) is 4. The van der Waals surface area contributed by atoms with Crippen LogP contribution < -0.4 is 5.32 Å². The highest BCUT2D eigenvalue weighted by Crippen LogP contribution is 2.34. The number of aromatic nitrogens is 4. The van der Waals surface area contributed by atoms with Gasteiger partial charge in [-0.1, -0.05) is 40.9 Å². The highest BCUT2D eigenvalue weighted by atomic mass is 35.5. The van der Waals surface area contributed by atoms with Crippen LogP contribution in [0, 0.1) is 0 Å². The number of benzene rings is 1. The molecule has 30 heavy (non-hydrogen) atoms. The molecule has 0 atom stereocenters. The predicted molar refractivity (Wildman–Crippen MR) is 104 cm³/mol. The summed E-state index contributed by atoms with van der Waals surface area (Å²) in [5, 5.41) is 9.84. The van der Waals surface area contributed by atoms with Crippen LogP contribution in [-0.4, -0.2) is 25.5 Å². The van der Waals surface area contributed by atoms with E-state index in [0.717, 1.165) is 0 Å². The standard InChI is InChI=1S/C17H12Cl3F4N5O/c18-9-2-1-3-10(19)8(9)6-28-5-4-11(26-28)25-12(30)7-29-15(17(23)24)13(20)14(27-29)16(21)22/h1-5,16-17H,6-7H2,(H,25,26,30). The smallest absolute Gasteiger partial charge is 0.283 e. The Hall–Kier alpha value is -2.30. The van der Waals surface area contributed by atoms with E-state index in [9.17, 15) is 22.4 Å². The van der Waals surface area contributed by atoms with Gasteiger partial charge in [0.1, 0.15) is 17.9 Å². The Kier molecular flexibility index (Phi) is 6.89. The molecule has 0 radical (unpaired) electrons. The topological polar surface area (TPSA) is 64.7 Å². The van der Waals surface area contributed by atoms with Crippen LogP contribution in [0.2, 0.25) is 15.1 Å². The van der Waals surface area contributed by atoms with Gasteiger partial charge in [-0.05, 0) is 12.1 Å². The zero-order chi connectivity index (χ0) is 22.0. The molecule has 0 aliphatic rings. The van der Waals surface area contributed by atoms with Gasteiger partial charge in [0, 0.05) is 27.9 Å². The lowest BCUT2D eigenvalue weighted by Crippen LogP contribution is -2.21. The molecule has 0 aliphatic heterocycles. The molecule has 1 aromatic carbocycles. The van der Waals surface area contributed by atoms with E-state index >= 15 is 0 Å². The van der Waals surface area contributed by atoms with Gasteiger partial charge in [0.2, 0.25) is 5.91 Å². The second kappa shape index (κ2) is 9.23. The average Bonchev–Trinajstić information content (AvgIpc) is 3.22. The fraction of sp³-hybridized carbons (Fsp3) is 0.235. The van der Waals surface area contributed by atoms with Crippen LogP contribution in [0.1, 0.15) is 29.8 Å². The number of anilines is 1. The number of rotatable bonds is 7. The summed E-state index contributed by atoms with van der Waals surface area (Å²) < 4.78 is 54.0. The molecule has 0 spiro atoms. The van der Waals surface area contributed by atoms with Crippen molar-refractivity contribution in [1.82, 2.24) is 19.6 Å². The Labute approximate surface area is 182 Å². The van der Waals surface area contributed by atoms with Crippen molar-refractivity contribution >= 4 is 46.5 Å². The minimum atomic E-state index is -3.19. The number of hydrogen-bond acceptors (Lipinski definition) is 3. The van der Waals surface area contributed by atoms with Crippen molar-refractivity contribution in [3.05, 3.63) is 62.5 Å². The third-order valence-corrected chi connectivity index (χ3v) is 5.05. The van der Waals surface area contributed by atoms with Crippen LogP contribution in [-0.2, 0) is 17.9 Å². The number of amides is 1. The summed E-state index contributed by atoms with van der Waals surface area (Å²) in [7, 11) is 0. The molecule has 2 heterocycles. The molecular formula is C17H12Cl3F4N5O. The third kappa shape index (κ3) is 4.88. The van der Waals surface area contributed by atoms with Crippen LogP contribution in [0.25, 0.3) is 0 Å². The van der Waals surface area contributed by atoms with Gasteiger partial charge >= 0.3 is 0 Å². The monoisotopic (exact) mass is 483 g/mol. The molecule has 2 aromatic heterocycles. The average molecular weight is 485 g/mol. The molecule has 1 N–H and O–H groups in total. The van der Waals surface area contributed by atoms with Gasteiger partial charge < -0.3 is 5.32 Å². The zero-order valence-electron chi connectivity index (χ0n) is 14.8. The minimum absolute atomic E-state index is 0.106. The lowest BCUT2D eigenvalue weighted by molar-refractivity contribution is -0.117. The van der Waals surface area contributed by atoms with Gasteiger partial charge in [-0.25, -0.2) is 17.6 Å². The quantitative estimate of drug-likeness (QED) is 0.444. The number of carbonyl (C=O) groups is 1. The SMILES string of the molecule is O=C(Cn1nc(C(F)F)c(Cl)c1C(F)F)Nc1ccn(Cc2c(Cl)cccc2Cl)n1. The maximum Gasteiger partial charge on any atom is 0.283 e. The van der Waals surface area contributed by atoms with Crippen molar-refractivity contribution in [2.75, 3.05) is 5.32 Å². The molecule has 0 saturated heterocycles. The van der Waals surface area contributed by atoms with Gasteiger partial charge in [-0.2, -0.15) is 10.2 Å². The van der Waals surface area contributed by atoms with E-state index in [4.69, 9.17) is 34.8 Å². The fourth-order valence-electron chi connectivity index (χ4n) is 2.62. The first-order valence-electron chi connectivity index (χ1n) is 8.26. The summed E-state index contributed by atoms with van der Waals surface area (Å²) in [5.74, 6) is -0.702. The van der Waals surface area contributed by atoms with Gasteiger partial charge in [-0.3, -0.25) is 14.2 Å². The van der Waals surface area contributed by atoms with Gasteiger partial charge in [0.15, 0.2) is 5.82 Å². The van der Waals surface area contributed by atoms with Crippen molar-refractivity contribution in [3.63, 3.8) is 0 Å².